The van der Waals surface area contributed by atoms with Crippen molar-refractivity contribution >= 4 is 0 Å². The number of aryl methyl sites for hydroxylation is 2. The van der Waals surface area contributed by atoms with Gasteiger partial charge < -0.3 is 5.11 Å². The van der Waals surface area contributed by atoms with Gasteiger partial charge in [-0.1, -0.05) is 6.92 Å². The minimum Gasteiger partial charge on any atom is -0.390 e. The molecule has 19 heavy (non-hydrogen) atoms. The second-order valence-corrected chi connectivity index (χ2v) is 5.92. The predicted molar refractivity (Wildman–Crippen MR) is 77.0 cm³/mol. The van der Waals surface area contributed by atoms with Gasteiger partial charge in [0.25, 0.3) is 0 Å². The molecule has 2 rings (SSSR count). The molecule has 0 amide bonds. The van der Waals surface area contributed by atoms with Crippen molar-refractivity contribution in [2.24, 2.45) is 0 Å². The maximum atomic E-state index is 10.1. The summed E-state index contributed by atoms with van der Waals surface area (Å²) in [5, 5.41) is 14.7. The molecule has 1 fully saturated rings. The molecule has 108 valence electrons. The molecule has 0 spiro atoms. The Morgan fingerprint density at radius 2 is 2.11 bits per heavy atom. The first-order valence-corrected chi connectivity index (χ1v) is 7.54. The molecule has 1 saturated heterocycles. The van der Waals surface area contributed by atoms with Gasteiger partial charge in [0.15, 0.2) is 0 Å². The Morgan fingerprint density at radius 3 is 2.79 bits per heavy atom. The van der Waals surface area contributed by atoms with Crippen molar-refractivity contribution < 1.29 is 5.11 Å². The van der Waals surface area contributed by atoms with Crippen molar-refractivity contribution in [1.29, 1.82) is 0 Å². The van der Waals surface area contributed by atoms with Crippen LogP contribution in [0.2, 0.25) is 0 Å². The van der Waals surface area contributed by atoms with Gasteiger partial charge in [0, 0.05) is 19.6 Å². The van der Waals surface area contributed by atoms with Crippen LogP contribution >= 0.6 is 0 Å². The van der Waals surface area contributed by atoms with Crippen molar-refractivity contribution in [3.8, 4) is 0 Å². The fraction of sp³-hybridized carbons (Fsp3) is 0.800. The zero-order chi connectivity index (χ0) is 13.9. The molecule has 0 saturated carbocycles. The highest BCUT2D eigenvalue weighted by Crippen LogP contribution is 2.22. The Balaban J connectivity index is 2.02. The molecule has 0 radical (unpaired) electrons. The van der Waals surface area contributed by atoms with Crippen LogP contribution in [0.15, 0.2) is 6.07 Å². The first kappa shape index (κ1) is 14.5. The molecule has 1 aliphatic rings. The predicted octanol–water partition coefficient (Wildman–Crippen LogP) is 2.20. The van der Waals surface area contributed by atoms with E-state index in [1.54, 1.807) is 0 Å². The van der Waals surface area contributed by atoms with E-state index in [4.69, 9.17) is 0 Å². The Labute approximate surface area is 116 Å². The van der Waals surface area contributed by atoms with Crippen LogP contribution < -0.4 is 0 Å². The molecule has 1 unspecified atom stereocenters. The summed E-state index contributed by atoms with van der Waals surface area (Å²) in [6.45, 7) is 10.2. The molecule has 0 bridgehead atoms. The normalized spacial score (nSPS) is 25.5. The van der Waals surface area contributed by atoms with Gasteiger partial charge in [0.05, 0.1) is 17.0 Å². The number of likely N-dealkylation sites (tertiary alicyclic amines) is 1. The molecule has 4 heteroatoms. The van der Waals surface area contributed by atoms with Crippen LogP contribution in [0.3, 0.4) is 0 Å². The average Bonchev–Trinajstić information content (AvgIpc) is 2.69. The molecule has 1 aliphatic heterocycles. The van der Waals surface area contributed by atoms with E-state index in [1.807, 2.05) is 6.92 Å². The highest BCUT2D eigenvalue weighted by Gasteiger charge is 2.25. The van der Waals surface area contributed by atoms with Crippen molar-refractivity contribution in [3.05, 3.63) is 17.5 Å². The Morgan fingerprint density at radius 1 is 1.32 bits per heavy atom. The van der Waals surface area contributed by atoms with Crippen LogP contribution in [0.4, 0.5) is 0 Å². The minimum atomic E-state index is -0.478. The van der Waals surface area contributed by atoms with Crippen LogP contribution in [0.25, 0.3) is 0 Å². The molecule has 0 aromatic carbocycles. The van der Waals surface area contributed by atoms with Crippen molar-refractivity contribution in [1.82, 2.24) is 14.7 Å². The van der Waals surface area contributed by atoms with Gasteiger partial charge in [0.2, 0.25) is 0 Å². The summed E-state index contributed by atoms with van der Waals surface area (Å²) >= 11 is 0. The van der Waals surface area contributed by atoms with Gasteiger partial charge in [-0.3, -0.25) is 9.58 Å². The van der Waals surface area contributed by atoms with Crippen molar-refractivity contribution in [3.63, 3.8) is 0 Å². The number of aromatic nitrogens is 2. The number of rotatable bonds is 4. The molecule has 4 nitrogen and oxygen atoms in total. The van der Waals surface area contributed by atoms with E-state index in [2.05, 4.69) is 34.6 Å². The Kier molecular flexibility index (Phi) is 4.63. The summed E-state index contributed by atoms with van der Waals surface area (Å²) in [7, 11) is 0. The molecular weight excluding hydrogens is 238 g/mol. The lowest BCUT2D eigenvalue weighted by atomic mass is 9.98. The smallest absolute Gasteiger partial charge is 0.0632 e. The minimum absolute atomic E-state index is 0.478. The van der Waals surface area contributed by atoms with Crippen LogP contribution in [-0.4, -0.2) is 38.5 Å². The standard InChI is InChI=1S/C15H27N3O/c1-4-13-11-14(18(5-2)16-13)12-17-9-6-7-15(3,19)8-10-17/h11,19H,4-10,12H2,1-3H3. The lowest BCUT2D eigenvalue weighted by Gasteiger charge is -2.22. The second kappa shape index (κ2) is 6.06. The van der Waals surface area contributed by atoms with Gasteiger partial charge in [-0.25, -0.2) is 0 Å². The first-order chi connectivity index (χ1) is 9.04. The lowest BCUT2D eigenvalue weighted by Crippen LogP contribution is -2.28. The fourth-order valence-electron chi connectivity index (χ4n) is 2.80. The third-order valence-corrected chi connectivity index (χ3v) is 4.12. The lowest BCUT2D eigenvalue weighted by molar-refractivity contribution is 0.0443. The zero-order valence-electron chi connectivity index (χ0n) is 12.5. The van der Waals surface area contributed by atoms with Gasteiger partial charge in [-0.05, 0) is 52.1 Å². The van der Waals surface area contributed by atoms with E-state index in [-0.39, 0.29) is 0 Å². The van der Waals surface area contributed by atoms with Crippen LogP contribution in [0.5, 0.6) is 0 Å². The van der Waals surface area contributed by atoms with E-state index in [1.165, 1.54) is 11.4 Å². The van der Waals surface area contributed by atoms with Gasteiger partial charge in [-0.15, -0.1) is 0 Å². The quantitative estimate of drug-likeness (QED) is 0.907. The summed E-state index contributed by atoms with van der Waals surface area (Å²) in [5.41, 5.74) is 2.01. The Hall–Kier alpha value is -0.870. The molecule has 1 N–H and O–H groups in total. The molecule has 1 aromatic heterocycles. The number of aliphatic hydroxyl groups is 1. The molecule has 2 heterocycles. The number of nitrogens with zero attached hydrogens (tertiary/aromatic N) is 3. The summed E-state index contributed by atoms with van der Waals surface area (Å²) in [4.78, 5) is 2.45. The molecular formula is C15H27N3O. The van der Waals surface area contributed by atoms with Gasteiger partial charge >= 0.3 is 0 Å². The summed E-state index contributed by atoms with van der Waals surface area (Å²) in [6, 6.07) is 2.23. The largest absolute Gasteiger partial charge is 0.390 e. The average molecular weight is 265 g/mol. The second-order valence-electron chi connectivity index (χ2n) is 5.92. The monoisotopic (exact) mass is 265 g/mol. The van der Waals surface area contributed by atoms with Crippen molar-refractivity contribution in [2.45, 2.75) is 65.1 Å². The summed E-state index contributed by atoms with van der Waals surface area (Å²) in [6.07, 6.45) is 3.85. The molecule has 0 aliphatic carbocycles. The van der Waals surface area contributed by atoms with Crippen molar-refractivity contribution in [2.75, 3.05) is 13.1 Å². The Bertz CT molecular complexity index is 412. The maximum absolute atomic E-state index is 10.1. The third kappa shape index (κ3) is 3.80. The third-order valence-electron chi connectivity index (χ3n) is 4.12. The van der Waals surface area contributed by atoms with E-state index in [0.29, 0.717) is 0 Å². The summed E-state index contributed by atoms with van der Waals surface area (Å²) < 4.78 is 2.11. The van der Waals surface area contributed by atoms with Gasteiger partial charge in [-0.2, -0.15) is 5.10 Å². The SMILES string of the molecule is CCc1cc(CN2CCCC(C)(O)CC2)n(CC)n1. The topological polar surface area (TPSA) is 41.3 Å². The van der Waals surface area contributed by atoms with Crippen LogP contribution in [0, 0.1) is 0 Å². The van der Waals surface area contributed by atoms with Gasteiger partial charge in [0.1, 0.15) is 0 Å². The van der Waals surface area contributed by atoms with E-state index in [9.17, 15) is 5.11 Å². The molecule has 1 aromatic rings. The number of hydrogen-bond acceptors (Lipinski definition) is 3. The van der Waals surface area contributed by atoms with E-state index in [0.717, 1.165) is 51.9 Å². The fourth-order valence-corrected chi connectivity index (χ4v) is 2.80. The molecule has 1 atom stereocenters. The van der Waals surface area contributed by atoms with Crippen LogP contribution in [0.1, 0.15) is 51.4 Å². The van der Waals surface area contributed by atoms with Crippen LogP contribution in [-0.2, 0) is 19.5 Å². The first-order valence-electron chi connectivity index (χ1n) is 7.54. The highest BCUT2D eigenvalue weighted by atomic mass is 16.3. The maximum Gasteiger partial charge on any atom is 0.0632 e. The summed E-state index contributed by atoms with van der Waals surface area (Å²) in [5.74, 6) is 0. The zero-order valence-corrected chi connectivity index (χ0v) is 12.5. The van der Waals surface area contributed by atoms with E-state index >= 15 is 0 Å². The number of hydrogen-bond donors (Lipinski definition) is 1. The highest BCUT2D eigenvalue weighted by molar-refractivity contribution is 5.10. The van der Waals surface area contributed by atoms with E-state index < -0.39 is 5.60 Å².